The Labute approximate surface area is 124 Å². The Hall–Kier alpha value is -1.88. The Bertz CT molecular complexity index is 599. The number of nitrogens with zero attached hydrogens (tertiary/aromatic N) is 2. The van der Waals surface area contributed by atoms with Crippen LogP contribution in [0.2, 0.25) is 0 Å². The molecule has 1 aliphatic carbocycles. The molecule has 1 aliphatic rings. The molecule has 1 fully saturated rings. The van der Waals surface area contributed by atoms with Gasteiger partial charge >= 0.3 is 0 Å². The van der Waals surface area contributed by atoms with Gasteiger partial charge in [-0.25, -0.2) is 0 Å². The van der Waals surface area contributed by atoms with Gasteiger partial charge in [0.25, 0.3) is 0 Å². The van der Waals surface area contributed by atoms with Crippen molar-refractivity contribution in [2.24, 2.45) is 0 Å². The zero-order chi connectivity index (χ0) is 13.9. The highest BCUT2D eigenvalue weighted by atomic mass is 32.1. The van der Waals surface area contributed by atoms with Gasteiger partial charge in [0, 0.05) is 18.3 Å². The van der Waals surface area contributed by atoms with E-state index in [1.54, 1.807) is 0 Å². The highest BCUT2D eigenvalue weighted by Gasteiger charge is 2.21. The van der Waals surface area contributed by atoms with Gasteiger partial charge < -0.3 is 10.6 Å². The van der Waals surface area contributed by atoms with Crippen LogP contribution in [0.5, 0.6) is 0 Å². The van der Waals surface area contributed by atoms with Gasteiger partial charge in [-0.05, 0) is 37.5 Å². The lowest BCUT2D eigenvalue weighted by Crippen LogP contribution is -2.30. The normalized spacial score (nSPS) is 14.1. The molecule has 1 aromatic heterocycles. The Balaban J connectivity index is 1.58. The molecular formula is C15H18N4S. The molecule has 2 aromatic rings. The van der Waals surface area contributed by atoms with Crippen LogP contribution >= 0.6 is 12.2 Å². The van der Waals surface area contributed by atoms with Gasteiger partial charge in [-0.15, -0.1) is 0 Å². The molecule has 5 heteroatoms. The predicted octanol–water partition coefficient (Wildman–Crippen LogP) is 2.69. The van der Waals surface area contributed by atoms with Crippen LogP contribution in [0.3, 0.4) is 0 Å². The maximum absolute atomic E-state index is 5.23. The smallest absolute Gasteiger partial charge is 0.172 e. The van der Waals surface area contributed by atoms with Gasteiger partial charge in [0.15, 0.2) is 10.9 Å². The number of nitrogens with one attached hydrogen (secondary N) is 2. The van der Waals surface area contributed by atoms with E-state index in [0.29, 0.717) is 11.2 Å². The van der Waals surface area contributed by atoms with Crippen LogP contribution in [-0.2, 0) is 6.54 Å². The Kier molecular flexibility index (Phi) is 3.69. The lowest BCUT2D eigenvalue weighted by molar-refractivity contribution is 0.689. The van der Waals surface area contributed by atoms with Crippen LogP contribution in [0.4, 0.5) is 5.82 Å². The van der Waals surface area contributed by atoms with Crippen molar-refractivity contribution in [3.63, 3.8) is 0 Å². The molecule has 0 amide bonds. The molecule has 3 rings (SSSR count). The summed E-state index contributed by atoms with van der Waals surface area (Å²) in [6.07, 6.45) is 4.38. The summed E-state index contributed by atoms with van der Waals surface area (Å²) in [5.41, 5.74) is 2.51. The van der Waals surface area contributed by atoms with Gasteiger partial charge in [-0.2, -0.15) is 5.10 Å². The number of aromatic nitrogens is 2. The van der Waals surface area contributed by atoms with Gasteiger partial charge in [-0.1, -0.05) is 29.8 Å². The van der Waals surface area contributed by atoms with E-state index in [1.165, 1.54) is 24.0 Å². The third kappa shape index (κ3) is 3.57. The molecule has 104 valence electrons. The first-order chi connectivity index (χ1) is 9.69. The molecule has 0 spiro atoms. The topological polar surface area (TPSA) is 41.9 Å². The van der Waals surface area contributed by atoms with Gasteiger partial charge in [0.1, 0.15) is 0 Å². The second kappa shape index (κ2) is 5.63. The summed E-state index contributed by atoms with van der Waals surface area (Å²) in [4.78, 5) is 0. The number of hydrogen-bond donors (Lipinski definition) is 2. The maximum atomic E-state index is 5.23. The molecule has 2 N–H and O–H groups in total. The quantitative estimate of drug-likeness (QED) is 0.848. The molecule has 4 nitrogen and oxygen atoms in total. The van der Waals surface area contributed by atoms with Crippen molar-refractivity contribution in [2.75, 3.05) is 5.32 Å². The van der Waals surface area contributed by atoms with Crippen molar-refractivity contribution in [1.82, 2.24) is 15.1 Å². The molecule has 1 saturated carbocycles. The largest absolute Gasteiger partial charge is 0.360 e. The van der Waals surface area contributed by atoms with Crippen LogP contribution in [0.25, 0.3) is 0 Å². The number of hydrogen-bond acceptors (Lipinski definition) is 2. The average Bonchev–Trinajstić information content (AvgIpc) is 3.12. The van der Waals surface area contributed by atoms with Gasteiger partial charge in [0.05, 0.1) is 6.54 Å². The van der Waals surface area contributed by atoms with Crippen LogP contribution in [-0.4, -0.2) is 20.9 Å². The Morgan fingerprint density at radius 1 is 1.30 bits per heavy atom. The van der Waals surface area contributed by atoms with E-state index in [1.807, 2.05) is 16.9 Å². The molecule has 0 atom stereocenters. The number of thiocarbonyl (C=S) groups is 1. The van der Waals surface area contributed by atoms with Gasteiger partial charge in [-0.3, -0.25) is 4.68 Å². The molecule has 20 heavy (non-hydrogen) atoms. The van der Waals surface area contributed by atoms with E-state index in [0.717, 1.165) is 12.4 Å². The second-order valence-corrected chi connectivity index (χ2v) is 5.67. The fourth-order valence-electron chi connectivity index (χ4n) is 1.96. The minimum Gasteiger partial charge on any atom is -0.360 e. The summed E-state index contributed by atoms with van der Waals surface area (Å²) in [6.45, 7) is 2.86. The van der Waals surface area contributed by atoms with E-state index in [2.05, 4.69) is 46.9 Å². The Morgan fingerprint density at radius 2 is 2.05 bits per heavy atom. The van der Waals surface area contributed by atoms with E-state index < -0.39 is 0 Å². The van der Waals surface area contributed by atoms with Crippen molar-refractivity contribution in [3.8, 4) is 0 Å². The maximum Gasteiger partial charge on any atom is 0.172 e. The number of aryl methyl sites for hydroxylation is 1. The predicted molar refractivity (Wildman–Crippen MR) is 84.9 cm³/mol. The number of benzene rings is 1. The molecule has 0 saturated heterocycles. The van der Waals surface area contributed by atoms with E-state index in [9.17, 15) is 0 Å². The second-order valence-electron chi connectivity index (χ2n) is 5.26. The first-order valence-electron chi connectivity index (χ1n) is 6.85. The van der Waals surface area contributed by atoms with Crippen LogP contribution < -0.4 is 10.6 Å². The van der Waals surface area contributed by atoms with Crippen molar-refractivity contribution < 1.29 is 0 Å². The molecular weight excluding hydrogens is 268 g/mol. The molecule has 0 unspecified atom stereocenters. The van der Waals surface area contributed by atoms with E-state index in [-0.39, 0.29) is 0 Å². The van der Waals surface area contributed by atoms with Crippen LogP contribution in [0, 0.1) is 6.92 Å². The zero-order valence-corrected chi connectivity index (χ0v) is 12.3. The summed E-state index contributed by atoms with van der Waals surface area (Å²) >= 11 is 5.23. The lowest BCUT2D eigenvalue weighted by Gasteiger charge is -2.06. The monoisotopic (exact) mass is 286 g/mol. The summed E-state index contributed by atoms with van der Waals surface area (Å²) in [5, 5.41) is 11.5. The SMILES string of the molecule is Cc1ccc(Cn2ccc(NC(=S)NC3CC3)n2)cc1. The Morgan fingerprint density at radius 3 is 2.75 bits per heavy atom. The fourth-order valence-corrected chi connectivity index (χ4v) is 2.23. The lowest BCUT2D eigenvalue weighted by atomic mass is 10.1. The third-order valence-electron chi connectivity index (χ3n) is 3.26. The summed E-state index contributed by atoms with van der Waals surface area (Å²) < 4.78 is 1.91. The minimum atomic E-state index is 0.560. The summed E-state index contributed by atoms with van der Waals surface area (Å²) in [6, 6.07) is 11.0. The first kappa shape index (κ1) is 13.1. The standard InChI is InChI=1S/C15H18N4S/c1-11-2-4-12(5-3-11)10-19-9-8-14(18-19)17-15(20)16-13-6-7-13/h2-5,8-9,13H,6-7,10H2,1H3,(H2,16,17,18,20). The van der Waals surface area contributed by atoms with E-state index in [4.69, 9.17) is 12.2 Å². The summed E-state index contributed by atoms with van der Waals surface area (Å²) in [5.74, 6) is 0.787. The fraction of sp³-hybridized carbons (Fsp3) is 0.333. The van der Waals surface area contributed by atoms with Crippen LogP contribution in [0.1, 0.15) is 24.0 Å². The zero-order valence-electron chi connectivity index (χ0n) is 11.5. The van der Waals surface area contributed by atoms with Gasteiger partial charge in [0.2, 0.25) is 0 Å². The van der Waals surface area contributed by atoms with Crippen molar-refractivity contribution >= 4 is 23.1 Å². The van der Waals surface area contributed by atoms with Crippen LogP contribution in [0.15, 0.2) is 36.5 Å². The minimum absolute atomic E-state index is 0.560. The average molecular weight is 286 g/mol. The molecule has 1 heterocycles. The molecule has 0 aliphatic heterocycles. The summed E-state index contributed by atoms with van der Waals surface area (Å²) in [7, 11) is 0. The number of anilines is 1. The van der Waals surface area contributed by atoms with Crippen molar-refractivity contribution in [1.29, 1.82) is 0 Å². The number of rotatable bonds is 4. The van der Waals surface area contributed by atoms with E-state index >= 15 is 0 Å². The van der Waals surface area contributed by atoms with Crippen molar-refractivity contribution in [2.45, 2.75) is 32.4 Å². The third-order valence-corrected chi connectivity index (χ3v) is 3.48. The highest BCUT2D eigenvalue weighted by molar-refractivity contribution is 7.80. The molecule has 0 bridgehead atoms. The molecule has 1 aromatic carbocycles. The highest BCUT2D eigenvalue weighted by Crippen LogP contribution is 2.18. The first-order valence-corrected chi connectivity index (χ1v) is 7.26. The molecule has 0 radical (unpaired) electrons. The van der Waals surface area contributed by atoms with Crippen molar-refractivity contribution in [3.05, 3.63) is 47.7 Å².